The molecule has 0 aliphatic carbocycles. The van der Waals surface area contributed by atoms with Gasteiger partial charge in [-0.1, -0.05) is 11.6 Å². The van der Waals surface area contributed by atoms with Gasteiger partial charge in [-0.3, -0.25) is 0 Å². The normalized spacial score (nSPS) is 11.5. The summed E-state index contributed by atoms with van der Waals surface area (Å²) >= 11 is 13.8. The van der Waals surface area contributed by atoms with Crippen molar-refractivity contribution in [2.75, 3.05) is 25.3 Å². The molecule has 1 aromatic heterocycles. The van der Waals surface area contributed by atoms with Gasteiger partial charge in [0, 0.05) is 28.5 Å². The number of carbonyl (C=O) groups excluding carboxylic acids is 1. The fraction of sp³-hybridized carbons (Fsp3) is 0.417. The van der Waals surface area contributed by atoms with Crippen LogP contribution in [0.2, 0.25) is 5.02 Å². The van der Waals surface area contributed by atoms with E-state index in [0.717, 1.165) is 22.0 Å². The first-order valence-electron chi connectivity index (χ1n) is 6.16. The Bertz CT molecular complexity index is 551. The van der Waals surface area contributed by atoms with E-state index in [1.807, 2.05) is 0 Å². The predicted octanol–water partition coefficient (Wildman–Crippen LogP) is 2.68. The average Bonchev–Trinajstić information content (AvgIpc) is 2.84. The Morgan fingerprint density at radius 2 is 2.32 bits per heavy atom. The summed E-state index contributed by atoms with van der Waals surface area (Å²) in [6.45, 7) is 0.391. The van der Waals surface area contributed by atoms with Gasteiger partial charge in [0.25, 0.3) is 0 Å². The monoisotopic (exact) mass is 386 g/mol. The Balaban J connectivity index is 2.69. The van der Waals surface area contributed by atoms with Crippen molar-refractivity contribution in [1.29, 1.82) is 0 Å². The molecule has 2 N–H and O–H groups in total. The molecule has 6 nitrogen and oxygen atoms in total. The van der Waals surface area contributed by atoms with Gasteiger partial charge in [-0.15, -0.1) is 22.9 Å². The molecule has 0 saturated carbocycles. The van der Waals surface area contributed by atoms with E-state index >= 15 is 0 Å². The van der Waals surface area contributed by atoms with Gasteiger partial charge < -0.3 is 9.84 Å². The maximum Gasteiger partial charge on any atom is 0.419 e. The Morgan fingerprint density at radius 3 is 2.91 bits per heavy atom. The minimum Gasteiger partial charge on any atom is -0.465 e. The molecule has 10 heteroatoms. The molecule has 0 spiro atoms. The second kappa shape index (κ2) is 10.1. The molecule has 0 aromatic carbocycles. The number of ether oxygens (including phenoxy) is 1. The van der Waals surface area contributed by atoms with Crippen molar-refractivity contribution >= 4 is 63.4 Å². The van der Waals surface area contributed by atoms with E-state index in [1.54, 1.807) is 11.6 Å². The number of carbonyl (C=O) groups is 2. The van der Waals surface area contributed by atoms with Gasteiger partial charge in [-0.2, -0.15) is 16.4 Å². The lowest BCUT2D eigenvalue weighted by molar-refractivity contribution is 0.0606. The first-order valence-corrected chi connectivity index (χ1v) is 9.04. The Labute approximate surface area is 145 Å². The number of alkyl halides is 1. The first kappa shape index (κ1) is 19.2. The molecular formula is C12H16Cl2N2O4S2. The molecule has 22 heavy (non-hydrogen) atoms. The predicted molar refractivity (Wildman–Crippen MR) is 92.9 cm³/mol. The van der Waals surface area contributed by atoms with Crippen LogP contribution in [0.25, 0.3) is 0 Å². The maximum absolute atomic E-state index is 11.4. The molecule has 0 bridgehead atoms. The lowest BCUT2D eigenvalue weighted by Crippen LogP contribution is -2.41. The third-order valence-electron chi connectivity index (χ3n) is 2.40. The number of halogens is 2. The Kier molecular flexibility index (Phi) is 8.81. The largest absolute Gasteiger partial charge is 0.465 e. The van der Waals surface area contributed by atoms with Gasteiger partial charge in [0.2, 0.25) is 0 Å². The van der Waals surface area contributed by atoms with E-state index in [-0.39, 0.29) is 0 Å². The third kappa shape index (κ3) is 6.53. The molecule has 0 atom stereocenters. The van der Waals surface area contributed by atoms with Gasteiger partial charge in [0.1, 0.15) is 4.88 Å². The van der Waals surface area contributed by atoms with Crippen LogP contribution in [0.5, 0.6) is 0 Å². The smallest absolute Gasteiger partial charge is 0.419 e. The number of hydrazine groups is 1. The standard InChI is InChI=1S/C12H16Cl2N2O4S2/c1-20-11(17)10-6-8(14)9(22-10)2-4-16(15-12(18)19)7-21-5-3-13/h6-7,15,21H,2-5H2,1H3,(H,18,19). The van der Waals surface area contributed by atoms with Gasteiger partial charge in [-0.25, -0.2) is 15.0 Å². The van der Waals surface area contributed by atoms with Crippen LogP contribution in [-0.2, 0) is 11.2 Å². The van der Waals surface area contributed by atoms with E-state index in [2.05, 4.69) is 10.2 Å². The maximum atomic E-state index is 11.4. The Morgan fingerprint density at radius 1 is 1.59 bits per heavy atom. The molecule has 124 valence electrons. The molecule has 0 fully saturated rings. The number of hydrogen-bond donors (Lipinski definition) is 3. The molecule has 0 saturated heterocycles. The molecule has 1 amide bonds. The van der Waals surface area contributed by atoms with Crippen LogP contribution in [0.3, 0.4) is 0 Å². The van der Waals surface area contributed by atoms with Crippen molar-refractivity contribution in [3.63, 3.8) is 0 Å². The van der Waals surface area contributed by atoms with Crippen LogP contribution < -0.4 is 5.43 Å². The summed E-state index contributed by atoms with van der Waals surface area (Å²) in [7, 11) is 1.30. The van der Waals surface area contributed by atoms with E-state index in [4.69, 9.17) is 28.3 Å². The number of thiol groups is 1. The molecule has 0 aliphatic heterocycles. The average molecular weight is 387 g/mol. The van der Waals surface area contributed by atoms with Crippen LogP contribution in [0.15, 0.2) is 6.07 Å². The zero-order valence-corrected chi connectivity index (χ0v) is 14.9. The van der Waals surface area contributed by atoms with Crippen LogP contribution >= 0.6 is 45.9 Å². The van der Waals surface area contributed by atoms with Crippen molar-refractivity contribution < 1.29 is 19.4 Å². The minimum absolute atomic E-state index is 0.391. The van der Waals surface area contributed by atoms with E-state index < -0.39 is 12.1 Å². The lowest BCUT2D eigenvalue weighted by atomic mass is 10.3. The minimum atomic E-state index is -1.15. The number of thiophene rings is 1. The fourth-order valence-electron chi connectivity index (χ4n) is 1.47. The zero-order chi connectivity index (χ0) is 16.5. The number of nitrogens with zero attached hydrogens (tertiary/aromatic N) is 1. The number of carboxylic acid groups (broad SMARTS) is 1. The summed E-state index contributed by atoms with van der Waals surface area (Å²) in [5.41, 5.74) is 3.99. The Hall–Kier alpha value is -0.800. The molecule has 0 unspecified atom stereocenters. The van der Waals surface area contributed by atoms with Gasteiger partial charge in [0.15, 0.2) is 0 Å². The van der Waals surface area contributed by atoms with E-state index in [1.165, 1.54) is 23.5 Å². The quantitative estimate of drug-likeness (QED) is 0.210. The lowest BCUT2D eigenvalue weighted by Gasteiger charge is -2.16. The number of rotatable bonds is 8. The van der Waals surface area contributed by atoms with Gasteiger partial charge in [-0.05, 0) is 12.5 Å². The van der Waals surface area contributed by atoms with Crippen LogP contribution in [0.4, 0.5) is 4.79 Å². The third-order valence-corrected chi connectivity index (χ3v) is 5.40. The van der Waals surface area contributed by atoms with E-state index in [0.29, 0.717) is 28.7 Å². The van der Waals surface area contributed by atoms with Crippen LogP contribution in [-0.4, -0.2) is 53.0 Å². The number of esters is 1. The molecule has 1 heterocycles. The summed E-state index contributed by atoms with van der Waals surface area (Å²) in [6.07, 6.45) is -0.655. The molecule has 1 rings (SSSR count). The zero-order valence-electron chi connectivity index (χ0n) is 11.7. The second-order valence-electron chi connectivity index (χ2n) is 3.94. The summed E-state index contributed by atoms with van der Waals surface area (Å²) in [5.74, 6) is 0.787. The van der Waals surface area contributed by atoms with Crippen molar-refractivity contribution in [2.24, 2.45) is 0 Å². The molecular weight excluding hydrogens is 371 g/mol. The highest BCUT2D eigenvalue weighted by molar-refractivity contribution is 7.97. The number of hydrogen-bond acceptors (Lipinski definition) is 4. The van der Waals surface area contributed by atoms with Crippen molar-refractivity contribution in [1.82, 2.24) is 10.4 Å². The highest BCUT2D eigenvalue weighted by Gasteiger charge is 2.15. The van der Waals surface area contributed by atoms with Crippen molar-refractivity contribution in [2.45, 2.75) is 6.42 Å². The SMILES string of the molecule is COC(=O)c1cc(Cl)c(CCN(C=[SH]CCCl)NC(=O)O)s1. The van der Waals surface area contributed by atoms with Crippen LogP contribution in [0.1, 0.15) is 14.5 Å². The summed E-state index contributed by atoms with van der Waals surface area (Å²) in [5, 5.41) is 10.7. The highest BCUT2D eigenvalue weighted by atomic mass is 35.5. The second-order valence-corrected chi connectivity index (χ2v) is 6.91. The number of methoxy groups -OCH3 is 1. The summed E-state index contributed by atoms with van der Waals surface area (Å²) in [4.78, 5) is 23.4. The number of nitrogens with one attached hydrogen (secondary N) is 1. The fourth-order valence-corrected chi connectivity index (χ4v) is 3.69. The highest BCUT2D eigenvalue weighted by Crippen LogP contribution is 2.28. The molecule has 0 aliphatic rings. The van der Waals surface area contributed by atoms with Crippen molar-refractivity contribution in [3.05, 3.63) is 20.8 Å². The summed E-state index contributed by atoms with van der Waals surface area (Å²) in [6, 6.07) is 1.55. The first-order chi connectivity index (χ1) is 10.5. The number of amides is 1. The topological polar surface area (TPSA) is 78.9 Å². The van der Waals surface area contributed by atoms with Crippen molar-refractivity contribution in [3.8, 4) is 0 Å². The summed E-state index contributed by atoms with van der Waals surface area (Å²) < 4.78 is 4.64. The van der Waals surface area contributed by atoms with Gasteiger partial charge in [0.05, 0.1) is 12.1 Å². The van der Waals surface area contributed by atoms with E-state index in [9.17, 15) is 9.59 Å². The molecule has 0 radical (unpaired) electrons. The van der Waals surface area contributed by atoms with Gasteiger partial charge >= 0.3 is 12.1 Å². The molecule has 1 aromatic rings. The van der Waals surface area contributed by atoms with Crippen LogP contribution in [0, 0.1) is 0 Å².